The molecule has 8 heteroatoms. The number of amides is 2. The first-order valence-corrected chi connectivity index (χ1v) is 12.5. The van der Waals surface area contributed by atoms with Gasteiger partial charge in [-0.3, -0.25) is 0 Å². The molecule has 2 aromatic carbocycles. The van der Waals surface area contributed by atoms with Crippen LogP contribution in [0.5, 0.6) is 5.75 Å². The fourth-order valence-corrected chi connectivity index (χ4v) is 3.84. The van der Waals surface area contributed by atoms with Gasteiger partial charge in [0.2, 0.25) is 0 Å². The Labute approximate surface area is 191 Å². The molecule has 1 N–H and O–H groups in total. The molecular weight excluding hydrogens is 428 g/mol. The Morgan fingerprint density at radius 1 is 1.00 bits per heavy atom. The van der Waals surface area contributed by atoms with E-state index in [1.807, 2.05) is 18.2 Å². The normalized spacial score (nSPS) is 11.6. The van der Waals surface area contributed by atoms with E-state index >= 15 is 0 Å². The van der Waals surface area contributed by atoms with Gasteiger partial charge in [-0.05, 0) is 40.7 Å². The van der Waals surface area contributed by atoms with Crippen LogP contribution in [0.4, 0.5) is 10.5 Å². The molecule has 0 spiro atoms. The van der Waals surface area contributed by atoms with Crippen molar-refractivity contribution in [3.05, 3.63) is 59.2 Å². The van der Waals surface area contributed by atoms with E-state index in [1.165, 1.54) is 0 Å². The van der Waals surface area contributed by atoms with E-state index in [2.05, 4.69) is 33.0 Å². The first kappa shape index (κ1) is 25.7. The Morgan fingerprint density at radius 3 is 2.03 bits per heavy atom. The van der Waals surface area contributed by atoms with E-state index in [0.717, 1.165) is 28.6 Å². The number of urea groups is 1. The van der Waals surface area contributed by atoms with Gasteiger partial charge >= 0.3 is 16.1 Å². The van der Waals surface area contributed by atoms with Crippen LogP contribution in [-0.4, -0.2) is 45.9 Å². The highest BCUT2D eigenvalue weighted by molar-refractivity contribution is 7.86. The molecule has 0 aromatic heterocycles. The van der Waals surface area contributed by atoms with Crippen molar-refractivity contribution in [1.82, 2.24) is 4.90 Å². The fraction of sp³-hybridized carbons (Fsp3) is 0.458. The zero-order valence-electron chi connectivity index (χ0n) is 19.7. The quantitative estimate of drug-likeness (QED) is 0.505. The molecule has 0 unspecified atom stereocenters. The summed E-state index contributed by atoms with van der Waals surface area (Å²) in [6.45, 7) is 9.58. The van der Waals surface area contributed by atoms with Crippen molar-refractivity contribution < 1.29 is 22.1 Å². The minimum atomic E-state index is -3.59. The largest absolute Gasteiger partial charge is 0.383 e. The van der Waals surface area contributed by atoms with Gasteiger partial charge < -0.3 is 19.1 Å². The van der Waals surface area contributed by atoms with Crippen LogP contribution in [0, 0.1) is 0 Å². The van der Waals surface area contributed by atoms with Crippen LogP contribution in [0.25, 0.3) is 0 Å². The van der Waals surface area contributed by atoms with E-state index in [9.17, 15) is 13.2 Å². The van der Waals surface area contributed by atoms with E-state index in [1.54, 1.807) is 36.3 Å². The fourth-order valence-electron chi connectivity index (χ4n) is 3.38. The number of anilines is 1. The third-order valence-corrected chi connectivity index (χ3v) is 5.50. The number of rotatable bonds is 10. The molecule has 0 bridgehead atoms. The number of carbonyl (C=O) groups excluding carboxylic acids is 1. The Hall–Kier alpha value is -2.58. The predicted molar refractivity (Wildman–Crippen MR) is 128 cm³/mol. The molecular formula is C24H34N2O5S. The zero-order valence-corrected chi connectivity index (χ0v) is 20.5. The van der Waals surface area contributed by atoms with Gasteiger partial charge in [-0.1, -0.05) is 58.0 Å². The molecule has 0 aliphatic carbocycles. The number of hydrogen-bond acceptors (Lipinski definition) is 5. The average Bonchev–Trinajstić information content (AvgIpc) is 2.70. The molecule has 0 heterocycles. The van der Waals surface area contributed by atoms with Crippen LogP contribution in [0.1, 0.15) is 56.2 Å². The molecule has 2 aromatic rings. The van der Waals surface area contributed by atoms with E-state index < -0.39 is 10.1 Å². The summed E-state index contributed by atoms with van der Waals surface area (Å²) in [6, 6.07) is 12.6. The molecule has 0 saturated carbocycles. The lowest BCUT2D eigenvalue weighted by Crippen LogP contribution is -2.37. The minimum Gasteiger partial charge on any atom is -0.383 e. The van der Waals surface area contributed by atoms with Gasteiger partial charge in [0, 0.05) is 25.9 Å². The molecule has 0 fully saturated rings. The van der Waals surface area contributed by atoms with Gasteiger partial charge in [-0.15, -0.1) is 0 Å². The SMILES string of the molecule is COCCN(Cc1ccc(OS(C)(=O)=O)cc1)C(=O)Nc1c(C(C)C)cccc1C(C)C. The molecule has 0 saturated heterocycles. The molecule has 0 radical (unpaired) electrons. The highest BCUT2D eigenvalue weighted by Crippen LogP contribution is 2.32. The predicted octanol–water partition coefficient (Wildman–Crippen LogP) is 4.95. The van der Waals surface area contributed by atoms with E-state index in [4.69, 9.17) is 8.92 Å². The third-order valence-electron chi connectivity index (χ3n) is 5.00. The Bertz CT molecular complexity index is 975. The lowest BCUT2D eigenvalue weighted by Gasteiger charge is -2.26. The van der Waals surface area contributed by atoms with Gasteiger partial charge in [0.05, 0.1) is 12.9 Å². The lowest BCUT2D eigenvalue weighted by atomic mass is 9.93. The maximum Gasteiger partial charge on any atom is 0.322 e. The minimum absolute atomic E-state index is 0.214. The summed E-state index contributed by atoms with van der Waals surface area (Å²) >= 11 is 0. The van der Waals surface area contributed by atoms with Gasteiger partial charge in [0.25, 0.3) is 0 Å². The average molecular weight is 463 g/mol. The highest BCUT2D eigenvalue weighted by Gasteiger charge is 2.20. The second kappa shape index (κ2) is 11.3. The van der Waals surface area contributed by atoms with E-state index in [-0.39, 0.29) is 23.6 Å². The second-order valence-electron chi connectivity index (χ2n) is 8.40. The number of nitrogens with one attached hydrogen (secondary N) is 1. The van der Waals surface area contributed by atoms with Crippen LogP contribution >= 0.6 is 0 Å². The summed E-state index contributed by atoms with van der Waals surface area (Å²) in [5.41, 5.74) is 3.90. The number of nitrogens with zero attached hydrogens (tertiary/aromatic N) is 1. The summed E-state index contributed by atoms with van der Waals surface area (Å²) in [4.78, 5) is 15.0. The molecule has 0 atom stereocenters. The van der Waals surface area contributed by atoms with Crippen molar-refractivity contribution in [2.75, 3.05) is 31.8 Å². The summed E-state index contributed by atoms with van der Waals surface area (Å²) in [7, 11) is -1.99. The first-order chi connectivity index (χ1) is 15.0. The second-order valence-corrected chi connectivity index (χ2v) is 9.97. The number of ether oxygens (including phenoxy) is 1. The van der Waals surface area contributed by atoms with Crippen molar-refractivity contribution >= 4 is 21.8 Å². The summed E-state index contributed by atoms with van der Waals surface area (Å²) in [5, 5.41) is 3.14. The molecule has 2 amide bonds. The van der Waals surface area contributed by atoms with E-state index in [0.29, 0.717) is 19.7 Å². The topological polar surface area (TPSA) is 84.9 Å². The van der Waals surface area contributed by atoms with Crippen molar-refractivity contribution in [1.29, 1.82) is 0 Å². The first-order valence-electron chi connectivity index (χ1n) is 10.7. The van der Waals surface area contributed by atoms with Crippen molar-refractivity contribution in [3.8, 4) is 5.75 Å². The summed E-state index contributed by atoms with van der Waals surface area (Å²) in [6.07, 6.45) is 0.998. The van der Waals surface area contributed by atoms with Gasteiger partial charge in [0.15, 0.2) is 0 Å². The number of para-hydroxylation sites is 1. The maximum atomic E-state index is 13.3. The number of methoxy groups -OCH3 is 1. The van der Waals surface area contributed by atoms with Gasteiger partial charge in [-0.2, -0.15) is 8.42 Å². The lowest BCUT2D eigenvalue weighted by molar-refractivity contribution is 0.153. The number of benzene rings is 2. The Kier molecular flexibility index (Phi) is 9.09. The van der Waals surface area contributed by atoms with Crippen molar-refractivity contribution in [3.63, 3.8) is 0 Å². The molecule has 7 nitrogen and oxygen atoms in total. The Balaban J connectivity index is 2.26. The van der Waals surface area contributed by atoms with Crippen LogP contribution in [0.3, 0.4) is 0 Å². The molecule has 176 valence electrons. The van der Waals surface area contributed by atoms with Crippen LogP contribution in [-0.2, 0) is 21.4 Å². The third kappa shape index (κ3) is 7.53. The molecule has 32 heavy (non-hydrogen) atoms. The van der Waals surface area contributed by atoms with Crippen LogP contribution < -0.4 is 9.50 Å². The standard InChI is InChI=1S/C24H34N2O5S/c1-17(2)21-8-7-9-22(18(3)4)23(21)25-24(27)26(14-15-30-5)16-19-10-12-20(13-11-19)31-32(6,28)29/h7-13,17-18H,14-16H2,1-6H3,(H,25,27). The maximum absolute atomic E-state index is 13.3. The molecule has 0 aliphatic rings. The number of carbonyl (C=O) groups is 1. The summed E-state index contributed by atoms with van der Waals surface area (Å²) < 4.78 is 32.7. The van der Waals surface area contributed by atoms with Crippen molar-refractivity contribution in [2.24, 2.45) is 0 Å². The summed E-state index contributed by atoms with van der Waals surface area (Å²) in [5.74, 6) is 0.759. The van der Waals surface area contributed by atoms with Crippen molar-refractivity contribution in [2.45, 2.75) is 46.1 Å². The zero-order chi connectivity index (χ0) is 23.9. The van der Waals surface area contributed by atoms with Crippen LogP contribution in [0.2, 0.25) is 0 Å². The molecule has 2 rings (SSSR count). The Morgan fingerprint density at radius 2 is 1.56 bits per heavy atom. The monoisotopic (exact) mass is 462 g/mol. The smallest absolute Gasteiger partial charge is 0.322 e. The highest BCUT2D eigenvalue weighted by atomic mass is 32.2. The van der Waals surface area contributed by atoms with Crippen LogP contribution in [0.15, 0.2) is 42.5 Å². The van der Waals surface area contributed by atoms with Gasteiger partial charge in [-0.25, -0.2) is 4.79 Å². The number of hydrogen-bond donors (Lipinski definition) is 1. The molecule has 0 aliphatic heterocycles. The van der Waals surface area contributed by atoms with Gasteiger partial charge in [0.1, 0.15) is 5.75 Å².